The number of hydrogen-bond donors (Lipinski definition) is 2. The van der Waals surface area contributed by atoms with E-state index in [0.29, 0.717) is 18.0 Å². The van der Waals surface area contributed by atoms with Gasteiger partial charge in [-0.2, -0.15) is 0 Å². The van der Waals surface area contributed by atoms with Gasteiger partial charge in [-0.1, -0.05) is 13.3 Å². The van der Waals surface area contributed by atoms with E-state index in [4.69, 9.17) is 10.5 Å². The van der Waals surface area contributed by atoms with Crippen LogP contribution >= 0.6 is 11.3 Å². The zero-order valence-electron chi connectivity index (χ0n) is 11.4. The van der Waals surface area contributed by atoms with Crippen LogP contribution in [0.4, 0.5) is 0 Å². The summed E-state index contributed by atoms with van der Waals surface area (Å²) in [6.07, 6.45) is 1.25. The van der Waals surface area contributed by atoms with Crippen molar-refractivity contribution in [2.45, 2.75) is 38.8 Å². The quantitative estimate of drug-likeness (QED) is 0.762. The molecule has 1 atom stereocenters. The van der Waals surface area contributed by atoms with E-state index in [9.17, 15) is 9.59 Å². The molecule has 0 fully saturated rings. The van der Waals surface area contributed by atoms with E-state index in [2.05, 4.69) is 10.3 Å². The Balaban J connectivity index is 2.84. The van der Waals surface area contributed by atoms with E-state index in [1.165, 1.54) is 18.4 Å². The molecule has 0 radical (unpaired) electrons. The molecule has 19 heavy (non-hydrogen) atoms. The van der Waals surface area contributed by atoms with E-state index in [1.807, 2.05) is 6.92 Å². The van der Waals surface area contributed by atoms with Crippen molar-refractivity contribution in [1.29, 1.82) is 0 Å². The van der Waals surface area contributed by atoms with E-state index >= 15 is 0 Å². The lowest BCUT2D eigenvalue weighted by molar-refractivity contribution is -0.147. The number of esters is 1. The first-order valence-electron chi connectivity index (χ1n) is 6.02. The van der Waals surface area contributed by atoms with Crippen LogP contribution in [-0.4, -0.2) is 29.5 Å². The van der Waals surface area contributed by atoms with Crippen LogP contribution in [0.2, 0.25) is 0 Å². The lowest BCUT2D eigenvalue weighted by atomic mass is 9.96. The van der Waals surface area contributed by atoms with Gasteiger partial charge in [-0.25, -0.2) is 9.78 Å². The summed E-state index contributed by atoms with van der Waals surface area (Å²) < 4.78 is 4.74. The standard InChI is InChI=1S/C12H19N3O3S/c1-4-5-12(2,11(17)18-3)15-10(16)8-7-19-9(6-13)14-8/h7H,4-6,13H2,1-3H3,(H,15,16). The fraction of sp³-hybridized carbons (Fsp3) is 0.583. The average molecular weight is 285 g/mol. The lowest BCUT2D eigenvalue weighted by Crippen LogP contribution is -2.52. The van der Waals surface area contributed by atoms with Crippen molar-refractivity contribution in [1.82, 2.24) is 10.3 Å². The van der Waals surface area contributed by atoms with Crippen LogP contribution in [0.25, 0.3) is 0 Å². The summed E-state index contributed by atoms with van der Waals surface area (Å²) >= 11 is 1.32. The number of hydrogen-bond acceptors (Lipinski definition) is 6. The molecule has 1 aromatic rings. The van der Waals surface area contributed by atoms with Gasteiger partial charge < -0.3 is 15.8 Å². The third-order valence-corrected chi connectivity index (χ3v) is 3.61. The predicted octanol–water partition coefficient (Wildman–Crippen LogP) is 1.06. The maximum atomic E-state index is 12.1. The van der Waals surface area contributed by atoms with E-state index in [1.54, 1.807) is 12.3 Å². The van der Waals surface area contributed by atoms with Crippen molar-refractivity contribution < 1.29 is 14.3 Å². The average Bonchev–Trinajstić information content (AvgIpc) is 2.86. The Morgan fingerprint density at radius 2 is 2.26 bits per heavy atom. The van der Waals surface area contributed by atoms with Crippen molar-refractivity contribution in [3.8, 4) is 0 Å². The highest BCUT2D eigenvalue weighted by atomic mass is 32.1. The van der Waals surface area contributed by atoms with Gasteiger partial charge in [-0.15, -0.1) is 11.3 Å². The second kappa shape index (κ2) is 6.63. The summed E-state index contributed by atoms with van der Waals surface area (Å²) in [6, 6.07) is 0. The zero-order valence-corrected chi connectivity index (χ0v) is 12.2. The molecule has 0 aliphatic heterocycles. The number of carbonyl (C=O) groups is 2. The van der Waals surface area contributed by atoms with Gasteiger partial charge in [-0.05, 0) is 13.3 Å². The van der Waals surface area contributed by atoms with E-state index in [-0.39, 0.29) is 5.69 Å². The SMILES string of the molecule is CCCC(C)(NC(=O)c1csc(CN)n1)C(=O)OC. The lowest BCUT2D eigenvalue weighted by Gasteiger charge is -2.27. The summed E-state index contributed by atoms with van der Waals surface area (Å²) in [5.41, 5.74) is 4.69. The van der Waals surface area contributed by atoms with Crippen molar-refractivity contribution in [3.63, 3.8) is 0 Å². The summed E-state index contributed by atoms with van der Waals surface area (Å²) in [4.78, 5) is 27.9. The molecule has 0 saturated carbocycles. The molecular formula is C12H19N3O3S. The Morgan fingerprint density at radius 3 is 2.74 bits per heavy atom. The Labute approximate surface area is 116 Å². The number of amides is 1. The second-order valence-corrected chi connectivity index (χ2v) is 5.30. The number of nitrogens with two attached hydrogens (primary N) is 1. The molecule has 7 heteroatoms. The molecular weight excluding hydrogens is 266 g/mol. The zero-order chi connectivity index (χ0) is 14.5. The summed E-state index contributed by atoms with van der Waals surface area (Å²) in [6.45, 7) is 3.88. The van der Waals surface area contributed by atoms with Gasteiger partial charge in [0.05, 0.1) is 7.11 Å². The number of ether oxygens (including phenoxy) is 1. The molecule has 0 saturated heterocycles. The van der Waals surface area contributed by atoms with Crippen LogP contribution in [0.15, 0.2) is 5.38 Å². The number of nitrogens with zero attached hydrogens (tertiary/aromatic N) is 1. The Bertz CT molecular complexity index is 461. The van der Waals surface area contributed by atoms with Gasteiger partial charge in [-0.3, -0.25) is 4.79 Å². The topological polar surface area (TPSA) is 94.3 Å². The highest BCUT2D eigenvalue weighted by molar-refractivity contribution is 7.09. The summed E-state index contributed by atoms with van der Waals surface area (Å²) in [5.74, 6) is -0.853. The van der Waals surface area contributed by atoms with Crippen LogP contribution in [-0.2, 0) is 16.1 Å². The molecule has 1 rings (SSSR count). The van der Waals surface area contributed by atoms with E-state index in [0.717, 1.165) is 6.42 Å². The van der Waals surface area contributed by atoms with Crippen LogP contribution in [0.5, 0.6) is 0 Å². The predicted molar refractivity (Wildman–Crippen MR) is 72.8 cm³/mol. The summed E-state index contributed by atoms with van der Waals surface area (Å²) in [5, 5.41) is 5.00. The molecule has 1 heterocycles. The maximum Gasteiger partial charge on any atom is 0.331 e. The van der Waals surface area contributed by atoms with Crippen molar-refractivity contribution in [3.05, 3.63) is 16.1 Å². The highest BCUT2D eigenvalue weighted by Gasteiger charge is 2.35. The molecule has 0 bridgehead atoms. The normalized spacial score (nSPS) is 13.7. The third-order valence-electron chi connectivity index (χ3n) is 2.73. The summed E-state index contributed by atoms with van der Waals surface area (Å²) in [7, 11) is 1.30. The molecule has 0 spiro atoms. The van der Waals surface area contributed by atoms with Gasteiger partial charge in [0.15, 0.2) is 0 Å². The number of carbonyl (C=O) groups excluding carboxylic acids is 2. The monoisotopic (exact) mass is 285 g/mol. The Kier molecular flexibility index (Phi) is 5.44. The number of nitrogens with one attached hydrogen (secondary N) is 1. The third kappa shape index (κ3) is 3.74. The number of methoxy groups -OCH3 is 1. The first kappa shape index (κ1) is 15.6. The number of thiazole rings is 1. The van der Waals surface area contributed by atoms with Gasteiger partial charge >= 0.3 is 5.97 Å². The first-order chi connectivity index (χ1) is 8.96. The van der Waals surface area contributed by atoms with Crippen molar-refractivity contribution >= 4 is 23.2 Å². The second-order valence-electron chi connectivity index (χ2n) is 4.36. The molecule has 6 nitrogen and oxygen atoms in total. The van der Waals surface area contributed by atoms with Gasteiger partial charge in [0.1, 0.15) is 16.2 Å². The Hall–Kier alpha value is -1.47. The minimum absolute atomic E-state index is 0.275. The molecule has 0 aromatic carbocycles. The molecule has 106 valence electrons. The van der Waals surface area contributed by atoms with Gasteiger partial charge in [0, 0.05) is 11.9 Å². The van der Waals surface area contributed by atoms with Gasteiger partial charge in [0.2, 0.25) is 0 Å². The molecule has 0 aliphatic rings. The number of aromatic nitrogens is 1. The molecule has 1 unspecified atom stereocenters. The fourth-order valence-corrected chi connectivity index (χ4v) is 2.42. The molecule has 0 aliphatic carbocycles. The fourth-order valence-electron chi connectivity index (χ4n) is 1.76. The molecule has 1 amide bonds. The van der Waals surface area contributed by atoms with Gasteiger partial charge in [0.25, 0.3) is 5.91 Å². The molecule has 3 N–H and O–H groups in total. The Morgan fingerprint density at radius 1 is 1.58 bits per heavy atom. The van der Waals surface area contributed by atoms with Crippen molar-refractivity contribution in [2.75, 3.05) is 7.11 Å². The minimum atomic E-state index is -1.03. The largest absolute Gasteiger partial charge is 0.467 e. The van der Waals surface area contributed by atoms with Crippen molar-refractivity contribution in [2.24, 2.45) is 5.73 Å². The first-order valence-corrected chi connectivity index (χ1v) is 6.90. The molecule has 1 aromatic heterocycles. The minimum Gasteiger partial charge on any atom is -0.467 e. The maximum absolute atomic E-state index is 12.1. The van der Waals surface area contributed by atoms with Crippen LogP contribution in [0.3, 0.4) is 0 Å². The van der Waals surface area contributed by atoms with Crippen LogP contribution in [0, 0.1) is 0 Å². The highest BCUT2D eigenvalue weighted by Crippen LogP contribution is 2.16. The number of rotatable bonds is 6. The van der Waals surface area contributed by atoms with Crippen LogP contribution < -0.4 is 11.1 Å². The van der Waals surface area contributed by atoms with Crippen LogP contribution in [0.1, 0.15) is 42.2 Å². The van der Waals surface area contributed by atoms with E-state index < -0.39 is 17.4 Å². The smallest absolute Gasteiger partial charge is 0.331 e.